The van der Waals surface area contributed by atoms with Crippen molar-refractivity contribution in [3.05, 3.63) is 83.4 Å². The molecule has 1 aromatic heterocycles. The van der Waals surface area contributed by atoms with Crippen LogP contribution < -0.4 is 11.6 Å². The van der Waals surface area contributed by atoms with Crippen LogP contribution in [0.4, 0.5) is 0 Å². The van der Waals surface area contributed by atoms with Crippen molar-refractivity contribution in [2.75, 3.05) is 20.1 Å². The summed E-state index contributed by atoms with van der Waals surface area (Å²) in [4.78, 5) is 14.5. The second kappa shape index (κ2) is 10.2. The number of nitrogens with two attached hydrogens (primary N) is 2. The molecule has 5 N–H and O–H groups in total. The Balaban J connectivity index is 1.44. The molecule has 1 aliphatic heterocycles. The Labute approximate surface area is 211 Å². The molecule has 2 aromatic carbocycles. The van der Waals surface area contributed by atoms with E-state index in [9.17, 15) is 9.90 Å². The quantitative estimate of drug-likeness (QED) is 0.326. The van der Waals surface area contributed by atoms with E-state index in [0.29, 0.717) is 11.4 Å². The number of carbonyl (C=O) groups is 1. The number of carboxylic acids is 1. The molecule has 2 fully saturated rings. The van der Waals surface area contributed by atoms with E-state index in [4.69, 9.17) is 11.6 Å². The largest absolute Gasteiger partial charge is 0.478 e. The maximum atomic E-state index is 12.0. The molecule has 2 atom stereocenters. The van der Waals surface area contributed by atoms with Gasteiger partial charge in [0.05, 0.1) is 17.6 Å². The summed E-state index contributed by atoms with van der Waals surface area (Å²) >= 11 is 0. The summed E-state index contributed by atoms with van der Waals surface area (Å²) < 4.78 is 1.76. The molecule has 36 heavy (non-hydrogen) atoms. The van der Waals surface area contributed by atoms with Crippen LogP contribution in [0.2, 0.25) is 0 Å². The number of hydrogen-bond acceptors (Lipinski definition) is 6. The summed E-state index contributed by atoms with van der Waals surface area (Å²) in [7, 11) is 1.71. The lowest BCUT2D eigenvalue weighted by atomic mass is 10.0. The highest BCUT2D eigenvalue weighted by Gasteiger charge is 2.45. The number of aromatic carboxylic acids is 1. The summed E-state index contributed by atoms with van der Waals surface area (Å²) in [6.07, 6.45) is 7.77. The Morgan fingerprint density at radius 2 is 1.86 bits per heavy atom. The average Bonchev–Trinajstić information content (AvgIpc) is 3.54. The highest BCUT2D eigenvalue weighted by Crippen LogP contribution is 2.51. The van der Waals surface area contributed by atoms with E-state index in [1.165, 1.54) is 36.0 Å². The van der Waals surface area contributed by atoms with Crippen molar-refractivity contribution in [3.8, 4) is 16.8 Å². The zero-order valence-corrected chi connectivity index (χ0v) is 20.7. The highest BCUT2D eigenvalue weighted by molar-refractivity contribution is 5.89. The molecule has 0 radical (unpaired) electrons. The minimum Gasteiger partial charge on any atom is -0.478 e. The van der Waals surface area contributed by atoms with E-state index in [1.54, 1.807) is 17.9 Å². The second-order valence-corrected chi connectivity index (χ2v) is 9.99. The van der Waals surface area contributed by atoms with Crippen LogP contribution in [0.25, 0.3) is 16.8 Å². The molecular weight excluding hydrogens is 452 g/mol. The van der Waals surface area contributed by atoms with E-state index in [2.05, 4.69) is 46.4 Å². The predicted octanol–water partition coefficient (Wildman–Crippen LogP) is 3.93. The Hall–Kier alpha value is -3.62. The number of benzene rings is 2. The van der Waals surface area contributed by atoms with Crippen LogP contribution in [0, 0.1) is 5.92 Å². The maximum absolute atomic E-state index is 12.0. The van der Waals surface area contributed by atoms with E-state index in [-0.39, 0.29) is 17.4 Å². The molecule has 5 rings (SSSR count). The summed E-state index contributed by atoms with van der Waals surface area (Å²) in [6, 6.07) is 16.8. The number of piperidine rings is 1. The minimum atomic E-state index is -0.984. The fourth-order valence-corrected chi connectivity index (χ4v) is 5.32. The minimum absolute atomic E-state index is 0.0219. The third kappa shape index (κ3) is 5.15. The molecule has 1 saturated heterocycles. The monoisotopic (exact) mass is 486 g/mol. The first-order valence-corrected chi connectivity index (χ1v) is 12.6. The first-order valence-electron chi connectivity index (χ1n) is 12.6. The zero-order chi connectivity index (χ0) is 25.2. The summed E-state index contributed by atoms with van der Waals surface area (Å²) in [5, 5.41) is 15.7. The van der Waals surface area contributed by atoms with Gasteiger partial charge in [0.15, 0.2) is 0 Å². The average molecular weight is 487 g/mol. The number of hydrazine groups is 1. The molecule has 2 heterocycles. The van der Waals surface area contributed by atoms with Gasteiger partial charge in [0.25, 0.3) is 0 Å². The van der Waals surface area contributed by atoms with Gasteiger partial charge in [-0.3, -0.25) is 4.90 Å². The van der Waals surface area contributed by atoms with Gasteiger partial charge in [-0.1, -0.05) is 36.8 Å². The van der Waals surface area contributed by atoms with Crippen LogP contribution in [0.3, 0.4) is 0 Å². The van der Waals surface area contributed by atoms with Gasteiger partial charge in [-0.15, -0.1) is 0 Å². The Kier molecular flexibility index (Phi) is 6.80. The standard InChI is InChI=1S/C28H34N6O2/c1-32(30)18-26(29)23-15-24(23)27-25(28(35)36)16-31-34(27)22-10-6-9-21(14-22)20-8-5-7-19(13-20)17-33-11-3-2-4-12-33/h5-10,13-14,16,18,23-24H,2-4,11-12,15,17,29-30H2,1H3,(H,35,36)/b26-18-/t23?,24-/m1/s1. The number of likely N-dealkylation sites (tertiary alicyclic amines) is 1. The molecule has 2 aliphatic rings. The van der Waals surface area contributed by atoms with Gasteiger partial charge >= 0.3 is 5.97 Å². The Bertz CT molecular complexity index is 1270. The zero-order valence-electron chi connectivity index (χ0n) is 20.7. The third-order valence-electron chi connectivity index (χ3n) is 7.17. The van der Waals surface area contributed by atoms with Gasteiger partial charge in [-0.25, -0.2) is 15.3 Å². The first-order chi connectivity index (χ1) is 17.4. The predicted molar refractivity (Wildman–Crippen MR) is 140 cm³/mol. The van der Waals surface area contributed by atoms with E-state index in [1.807, 2.05) is 12.1 Å². The first kappa shape index (κ1) is 24.1. The molecule has 3 aromatic rings. The van der Waals surface area contributed by atoms with Crippen molar-refractivity contribution in [1.29, 1.82) is 0 Å². The molecular formula is C28H34N6O2. The van der Waals surface area contributed by atoms with E-state index in [0.717, 1.165) is 42.9 Å². The molecule has 8 nitrogen and oxygen atoms in total. The van der Waals surface area contributed by atoms with Crippen molar-refractivity contribution < 1.29 is 9.90 Å². The topological polar surface area (TPSA) is 114 Å². The molecule has 1 aliphatic carbocycles. The fraction of sp³-hybridized carbons (Fsp3) is 0.357. The van der Waals surface area contributed by atoms with Gasteiger partial charge < -0.3 is 15.8 Å². The van der Waals surface area contributed by atoms with Crippen LogP contribution in [-0.2, 0) is 6.54 Å². The Morgan fingerprint density at radius 1 is 1.14 bits per heavy atom. The lowest BCUT2D eigenvalue weighted by molar-refractivity contribution is 0.0695. The second-order valence-electron chi connectivity index (χ2n) is 9.99. The van der Waals surface area contributed by atoms with Gasteiger partial charge in [0.2, 0.25) is 0 Å². The SMILES string of the molecule is CN(N)/C=C(\N)C1C[C@H]1c1c(C(=O)O)cnn1-c1cccc(-c2cccc(CN3CCCCC3)c2)c1. The lowest BCUT2D eigenvalue weighted by Crippen LogP contribution is -2.29. The summed E-state index contributed by atoms with van der Waals surface area (Å²) in [6.45, 7) is 3.29. The van der Waals surface area contributed by atoms with Crippen molar-refractivity contribution in [2.45, 2.75) is 38.1 Å². The van der Waals surface area contributed by atoms with Crippen LogP contribution >= 0.6 is 0 Å². The van der Waals surface area contributed by atoms with Crippen molar-refractivity contribution in [1.82, 2.24) is 19.7 Å². The van der Waals surface area contributed by atoms with Gasteiger partial charge in [0, 0.05) is 37.3 Å². The van der Waals surface area contributed by atoms with Crippen molar-refractivity contribution >= 4 is 5.97 Å². The number of nitrogens with zero attached hydrogens (tertiary/aromatic N) is 4. The fourth-order valence-electron chi connectivity index (χ4n) is 5.32. The molecule has 0 amide bonds. The van der Waals surface area contributed by atoms with Crippen LogP contribution in [0.1, 0.15) is 53.2 Å². The highest BCUT2D eigenvalue weighted by atomic mass is 16.4. The van der Waals surface area contributed by atoms with E-state index < -0.39 is 5.97 Å². The number of aromatic nitrogens is 2. The third-order valence-corrected chi connectivity index (χ3v) is 7.17. The normalized spacial score (nSPS) is 20.3. The molecule has 1 unspecified atom stereocenters. The van der Waals surface area contributed by atoms with E-state index >= 15 is 0 Å². The maximum Gasteiger partial charge on any atom is 0.339 e. The summed E-state index contributed by atoms with van der Waals surface area (Å²) in [5.74, 6) is 4.75. The lowest BCUT2D eigenvalue weighted by Gasteiger charge is -2.26. The molecule has 1 saturated carbocycles. The van der Waals surface area contributed by atoms with Gasteiger partial charge in [-0.2, -0.15) is 5.10 Å². The molecule has 0 bridgehead atoms. The number of hydrogen-bond donors (Lipinski definition) is 3. The number of carboxylic acid groups (broad SMARTS) is 1. The van der Waals surface area contributed by atoms with Gasteiger partial charge in [0.1, 0.15) is 5.56 Å². The number of allylic oxidation sites excluding steroid dienone is 1. The molecule has 8 heteroatoms. The van der Waals surface area contributed by atoms with Crippen LogP contribution in [0.15, 0.2) is 66.6 Å². The smallest absolute Gasteiger partial charge is 0.339 e. The van der Waals surface area contributed by atoms with Gasteiger partial charge in [-0.05, 0) is 67.2 Å². The van der Waals surface area contributed by atoms with Crippen LogP contribution in [0.5, 0.6) is 0 Å². The summed E-state index contributed by atoms with van der Waals surface area (Å²) in [5.41, 5.74) is 12.1. The van der Waals surface area contributed by atoms with Crippen molar-refractivity contribution in [2.24, 2.45) is 17.5 Å². The number of rotatable bonds is 8. The van der Waals surface area contributed by atoms with Crippen LogP contribution in [-0.4, -0.2) is 50.9 Å². The Morgan fingerprint density at radius 3 is 2.58 bits per heavy atom. The van der Waals surface area contributed by atoms with Crippen molar-refractivity contribution in [3.63, 3.8) is 0 Å². The molecule has 188 valence electrons. The molecule has 0 spiro atoms.